The van der Waals surface area contributed by atoms with E-state index in [1.54, 1.807) is 22.2 Å². The molecule has 2 heterocycles. The largest absolute Gasteiger partial charge is 0.333 e. The predicted octanol–water partition coefficient (Wildman–Crippen LogP) is 2.27. The van der Waals surface area contributed by atoms with Crippen LogP contribution in [0.15, 0.2) is 25.0 Å². The number of hydrogen-bond donors (Lipinski definition) is 0. The van der Waals surface area contributed by atoms with Gasteiger partial charge in [-0.3, -0.25) is 14.6 Å². The molecule has 1 fully saturated rings. The predicted molar refractivity (Wildman–Crippen MR) is 97.2 cm³/mol. The summed E-state index contributed by atoms with van der Waals surface area (Å²) in [7, 11) is 0. The molecule has 0 saturated carbocycles. The minimum absolute atomic E-state index is 0.0231. The standard InChI is InChI=1S/C19H28N4O2/c1-7-17(24)23-9-8-22(12-15(23)13(2)3)18(25)14-10-21-16(11-20-14)19(4,5)6/h7,10-11,13,15H,1,8-9,12H2,2-6H3/t15-/m1/s1. The van der Waals surface area contributed by atoms with E-state index < -0.39 is 0 Å². The first-order valence-corrected chi connectivity index (χ1v) is 8.70. The topological polar surface area (TPSA) is 66.4 Å². The van der Waals surface area contributed by atoms with Crippen LogP contribution in [0.25, 0.3) is 0 Å². The van der Waals surface area contributed by atoms with Crippen molar-refractivity contribution in [1.29, 1.82) is 0 Å². The van der Waals surface area contributed by atoms with E-state index in [2.05, 4.69) is 51.2 Å². The summed E-state index contributed by atoms with van der Waals surface area (Å²) in [5, 5.41) is 0. The van der Waals surface area contributed by atoms with E-state index in [0.717, 1.165) is 5.69 Å². The van der Waals surface area contributed by atoms with Gasteiger partial charge in [-0.1, -0.05) is 41.2 Å². The lowest BCUT2D eigenvalue weighted by atomic mass is 9.93. The molecule has 1 saturated heterocycles. The molecule has 1 atom stereocenters. The van der Waals surface area contributed by atoms with Crippen molar-refractivity contribution in [1.82, 2.24) is 19.8 Å². The quantitative estimate of drug-likeness (QED) is 0.789. The Morgan fingerprint density at radius 3 is 2.40 bits per heavy atom. The lowest BCUT2D eigenvalue weighted by Crippen LogP contribution is -2.58. The van der Waals surface area contributed by atoms with Gasteiger partial charge in [0.15, 0.2) is 0 Å². The number of nitrogens with zero attached hydrogens (tertiary/aromatic N) is 4. The monoisotopic (exact) mass is 344 g/mol. The van der Waals surface area contributed by atoms with Crippen LogP contribution in [0, 0.1) is 5.92 Å². The van der Waals surface area contributed by atoms with Crippen LogP contribution >= 0.6 is 0 Å². The number of amides is 2. The molecule has 0 radical (unpaired) electrons. The summed E-state index contributed by atoms with van der Waals surface area (Å²) >= 11 is 0. The summed E-state index contributed by atoms with van der Waals surface area (Å²) in [6.07, 6.45) is 4.56. The third-order valence-electron chi connectivity index (χ3n) is 4.57. The molecule has 25 heavy (non-hydrogen) atoms. The molecule has 6 nitrogen and oxygen atoms in total. The number of carbonyl (C=O) groups excluding carboxylic acids is 2. The molecule has 0 unspecified atom stereocenters. The molecule has 1 aromatic heterocycles. The molecule has 0 bridgehead atoms. The molecule has 2 rings (SSSR count). The fourth-order valence-electron chi connectivity index (χ4n) is 2.94. The second-order valence-electron chi connectivity index (χ2n) is 7.84. The van der Waals surface area contributed by atoms with Crippen molar-refractivity contribution in [2.75, 3.05) is 19.6 Å². The fraction of sp³-hybridized carbons (Fsp3) is 0.579. The zero-order valence-corrected chi connectivity index (χ0v) is 15.8. The number of rotatable bonds is 3. The summed E-state index contributed by atoms with van der Waals surface area (Å²) in [4.78, 5) is 37.1. The van der Waals surface area contributed by atoms with Crippen LogP contribution in [0.5, 0.6) is 0 Å². The zero-order chi connectivity index (χ0) is 18.8. The van der Waals surface area contributed by atoms with Crippen molar-refractivity contribution in [3.05, 3.63) is 36.4 Å². The van der Waals surface area contributed by atoms with Crippen molar-refractivity contribution in [2.24, 2.45) is 5.92 Å². The molecule has 0 spiro atoms. The van der Waals surface area contributed by atoms with Crippen molar-refractivity contribution in [3.63, 3.8) is 0 Å². The summed E-state index contributed by atoms with van der Waals surface area (Å²) in [5.41, 5.74) is 1.10. The van der Waals surface area contributed by atoms with Gasteiger partial charge in [0.05, 0.1) is 17.9 Å². The summed E-state index contributed by atoms with van der Waals surface area (Å²) in [6.45, 7) is 15.3. The third kappa shape index (κ3) is 4.24. The van der Waals surface area contributed by atoms with Gasteiger partial charge in [0.25, 0.3) is 5.91 Å². The van der Waals surface area contributed by atoms with Gasteiger partial charge in [0.1, 0.15) is 5.69 Å². The van der Waals surface area contributed by atoms with E-state index >= 15 is 0 Å². The summed E-state index contributed by atoms with van der Waals surface area (Å²) in [6, 6.07) is -0.0231. The van der Waals surface area contributed by atoms with Crippen LogP contribution in [-0.4, -0.2) is 57.3 Å². The van der Waals surface area contributed by atoms with E-state index in [1.807, 2.05) is 0 Å². The van der Waals surface area contributed by atoms with Crippen molar-refractivity contribution in [3.8, 4) is 0 Å². The molecule has 1 aliphatic heterocycles. The molecule has 0 aromatic carbocycles. The lowest BCUT2D eigenvalue weighted by molar-refractivity contribution is -0.131. The van der Waals surface area contributed by atoms with Gasteiger partial charge in [0, 0.05) is 31.2 Å². The Labute approximate surface area is 149 Å². The number of aromatic nitrogens is 2. The average Bonchev–Trinajstić information content (AvgIpc) is 2.59. The van der Waals surface area contributed by atoms with Gasteiger partial charge >= 0.3 is 0 Å². The van der Waals surface area contributed by atoms with Crippen molar-refractivity contribution < 1.29 is 9.59 Å². The molecule has 0 aliphatic carbocycles. The van der Waals surface area contributed by atoms with Crippen molar-refractivity contribution in [2.45, 2.75) is 46.1 Å². The minimum atomic E-state index is -0.135. The van der Waals surface area contributed by atoms with Crippen LogP contribution in [0.1, 0.15) is 50.8 Å². The normalized spacial score (nSPS) is 18.4. The highest BCUT2D eigenvalue weighted by Gasteiger charge is 2.34. The van der Waals surface area contributed by atoms with Gasteiger partial charge in [-0.2, -0.15) is 0 Å². The second kappa shape index (κ2) is 7.33. The van der Waals surface area contributed by atoms with Gasteiger partial charge in [-0.05, 0) is 12.0 Å². The summed E-state index contributed by atoms with van der Waals surface area (Å²) in [5.74, 6) is 0.0262. The molecule has 1 aromatic rings. The van der Waals surface area contributed by atoms with E-state index in [1.165, 1.54) is 6.08 Å². The Bertz CT molecular complexity index is 646. The van der Waals surface area contributed by atoms with Gasteiger partial charge in [0.2, 0.25) is 5.91 Å². The number of carbonyl (C=O) groups is 2. The molecule has 2 amide bonds. The van der Waals surface area contributed by atoms with Crippen LogP contribution in [0.3, 0.4) is 0 Å². The first kappa shape index (κ1) is 19.1. The van der Waals surface area contributed by atoms with Crippen LogP contribution in [-0.2, 0) is 10.2 Å². The number of piperazine rings is 1. The maximum atomic E-state index is 12.8. The Morgan fingerprint density at radius 1 is 1.24 bits per heavy atom. The first-order valence-electron chi connectivity index (χ1n) is 8.70. The zero-order valence-electron chi connectivity index (χ0n) is 15.8. The minimum Gasteiger partial charge on any atom is -0.333 e. The Balaban J connectivity index is 2.15. The van der Waals surface area contributed by atoms with Gasteiger partial charge in [-0.25, -0.2) is 4.98 Å². The number of hydrogen-bond acceptors (Lipinski definition) is 4. The Kier molecular flexibility index (Phi) is 5.60. The molecule has 0 N–H and O–H groups in total. The third-order valence-corrected chi connectivity index (χ3v) is 4.57. The van der Waals surface area contributed by atoms with E-state index in [0.29, 0.717) is 25.3 Å². The van der Waals surface area contributed by atoms with E-state index in [-0.39, 0.29) is 29.2 Å². The molecule has 6 heteroatoms. The fourth-order valence-corrected chi connectivity index (χ4v) is 2.94. The molecule has 1 aliphatic rings. The highest BCUT2D eigenvalue weighted by molar-refractivity contribution is 5.92. The van der Waals surface area contributed by atoms with Crippen molar-refractivity contribution >= 4 is 11.8 Å². The van der Waals surface area contributed by atoms with Gasteiger partial charge in [-0.15, -0.1) is 0 Å². The van der Waals surface area contributed by atoms with E-state index in [9.17, 15) is 9.59 Å². The molecular formula is C19H28N4O2. The smallest absolute Gasteiger partial charge is 0.274 e. The van der Waals surface area contributed by atoms with Crippen LogP contribution in [0.2, 0.25) is 0 Å². The van der Waals surface area contributed by atoms with E-state index in [4.69, 9.17) is 0 Å². The SMILES string of the molecule is C=CC(=O)N1CCN(C(=O)c2cnc(C(C)(C)C)cn2)C[C@@H]1C(C)C. The average molecular weight is 344 g/mol. The Hall–Kier alpha value is -2.24. The lowest BCUT2D eigenvalue weighted by Gasteiger charge is -2.42. The highest BCUT2D eigenvalue weighted by Crippen LogP contribution is 2.21. The molecule has 136 valence electrons. The maximum absolute atomic E-state index is 12.8. The van der Waals surface area contributed by atoms with Gasteiger partial charge < -0.3 is 9.80 Å². The van der Waals surface area contributed by atoms with Crippen LogP contribution in [0.4, 0.5) is 0 Å². The Morgan fingerprint density at radius 2 is 1.92 bits per heavy atom. The maximum Gasteiger partial charge on any atom is 0.274 e. The second-order valence-corrected chi connectivity index (χ2v) is 7.84. The molecular weight excluding hydrogens is 316 g/mol. The van der Waals surface area contributed by atoms with Crippen LogP contribution < -0.4 is 0 Å². The highest BCUT2D eigenvalue weighted by atomic mass is 16.2. The first-order chi connectivity index (χ1) is 11.6. The summed E-state index contributed by atoms with van der Waals surface area (Å²) < 4.78 is 0.